The molecule has 6 heterocycles. The summed E-state index contributed by atoms with van der Waals surface area (Å²) in [5.41, 5.74) is 0.382. The summed E-state index contributed by atoms with van der Waals surface area (Å²) in [7, 11) is 0. The number of aliphatic hydroxyl groups is 1. The van der Waals surface area contributed by atoms with E-state index in [-0.39, 0.29) is 35.9 Å². The van der Waals surface area contributed by atoms with Crippen molar-refractivity contribution in [3.05, 3.63) is 69.2 Å². The van der Waals surface area contributed by atoms with Gasteiger partial charge in [0.1, 0.15) is 17.5 Å². The minimum absolute atomic E-state index is 0.0577. The Balaban J connectivity index is 0.929. The predicted molar refractivity (Wildman–Crippen MR) is 181 cm³/mol. The Hall–Kier alpha value is -4.38. The number of piperidine rings is 3. The zero-order valence-electron chi connectivity index (χ0n) is 26.1. The van der Waals surface area contributed by atoms with Gasteiger partial charge in [0.2, 0.25) is 11.8 Å². The lowest BCUT2D eigenvalue weighted by Crippen LogP contribution is -2.56. The van der Waals surface area contributed by atoms with E-state index in [2.05, 4.69) is 48.2 Å². The highest BCUT2D eigenvalue weighted by Crippen LogP contribution is 2.33. The van der Waals surface area contributed by atoms with Gasteiger partial charge in [-0.1, -0.05) is 6.07 Å². The molecule has 1 unspecified atom stereocenters. The number of hydrogen-bond donors (Lipinski definition) is 3. The van der Waals surface area contributed by atoms with Crippen molar-refractivity contribution in [2.24, 2.45) is 0 Å². The number of rotatable bonds is 7. The third-order valence-electron chi connectivity index (χ3n) is 9.76. The van der Waals surface area contributed by atoms with Gasteiger partial charge in [0, 0.05) is 79.2 Å². The maximum atomic E-state index is 13.4. The average molecular weight is 767 g/mol. The molecule has 3 saturated heterocycles. The zero-order chi connectivity index (χ0) is 33.6. The van der Waals surface area contributed by atoms with E-state index >= 15 is 0 Å². The lowest BCUT2D eigenvalue weighted by Gasteiger charge is -2.42. The number of likely N-dealkylation sites (tertiary alicyclic amines) is 1. The second-order valence-electron chi connectivity index (χ2n) is 12.7. The van der Waals surface area contributed by atoms with E-state index in [1.807, 2.05) is 29.2 Å². The number of nitrogens with zero attached hydrogens (tertiary/aromatic N) is 6. The lowest BCUT2D eigenvalue weighted by atomic mass is 9.89. The smallest absolute Gasteiger partial charge is 0.264 e. The van der Waals surface area contributed by atoms with E-state index < -0.39 is 35.3 Å². The molecule has 7 rings (SSSR count). The molecule has 3 aromatic rings. The van der Waals surface area contributed by atoms with Crippen molar-refractivity contribution in [3.8, 4) is 0 Å². The molecule has 0 radical (unpaired) electrons. The van der Waals surface area contributed by atoms with Crippen molar-refractivity contribution in [2.45, 2.75) is 62.8 Å². The van der Waals surface area contributed by atoms with Crippen LogP contribution in [-0.4, -0.2) is 97.0 Å². The fourth-order valence-electron chi connectivity index (χ4n) is 7.03. The topological polar surface area (TPSA) is 170 Å². The Morgan fingerprint density at radius 1 is 1.00 bits per heavy atom. The van der Waals surface area contributed by atoms with Gasteiger partial charge < -0.3 is 20.2 Å². The molecule has 4 aliphatic rings. The number of carbonyl (C=O) groups is 5. The van der Waals surface area contributed by atoms with Crippen LogP contribution in [-0.2, 0) is 20.9 Å². The average Bonchev–Trinajstić information content (AvgIpc) is 3.67. The molecule has 15 heteroatoms. The van der Waals surface area contributed by atoms with Crippen LogP contribution in [0.1, 0.15) is 70.8 Å². The first kappa shape index (κ1) is 32.2. The first-order chi connectivity index (χ1) is 23.1. The first-order valence-corrected chi connectivity index (χ1v) is 17.2. The molecule has 14 nitrogen and oxygen atoms in total. The van der Waals surface area contributed by atoms with Gasteiger partial charge in [-0.05, 0) is 66.1 Å². The molecule has 1 atom stereocenters. The second kappa shape index (κ2) is 12.9. The number of hydrogen-bond acceptors (Lipinski definition) is 10. The number of nitrogens with one attached hydrogen (secondary N) is 2. The van der Waals surface area contributed by atoms with Gasteiger partial charge in [-0.3, -0.25) is 38.9 Å². The van der Waals surface area contributed by atoms with Crippen LogP contribution in [0.25, 0.3) is 0 Å². The van der Waals surface area contributed by atoms with Crippen LogP contribution in [0.5, 0.6) is 0 Å². The van der Waals surface area contributed by atoms with Gasteiger partial charge in [-0.2, -0.15) is 5.10 Å². The van der Waals surface area contributed by atoms with E-state index in [1.165, 1.54) is 0 Å². The molecule has 3 fully saturated rings. The normalized spacial score (nSPS) is 21.4. The highest BCUT2D eigenvalue weighted by atomic mass is 127. The Morgan fingerprint density at radius 2 is 1.77 bits per heavy atom. The molecular formula is C33H35IN8O6. The largest absolute Gasteiger partial charge is 0.380 e. The van der Waals surface area contributed by atoms with E-state index in [0.717, 1.165) is 19.9 Å². The summed E-state index contributed by atoms with van der Waals surface area (Å²) in [5.74, 6) is -1.54. The molecule has 0 spiro atoms. The van der Waals surface area contributed by atoms with E-state index in [4.69, 9.17) is 0 Å². The lowest BCUT2D eigenvalue weighted by molar-refractivity contribution is -0.155. The van der Waals surface area contributed by atoms with Gasteiger partial charge in [0.05, 0.1) is 23.4 Å². The van der Waals surface area contributed by atoms with Gasteiger partial charge >= 0.3 is 0 Å². The molecule has 48 heavy (non-hydrogen) atoms. The molecule has 3 N–H and O–H groups in total. The Bertz CT molecular complexity index is 1780. The highest BCUT2D eigenvalue weighted by Gasteiger charge is 2.46. The van der Waals surface area contributed by atoms with Crippen molar-refractivity contribution in [1.29, 1.82) is 0 Å². The molecule has 0 saturated carbocycles. The van der Waals surface area contributed by atoms with Crippen LogP contribution < -0.4 is 15.5 Å². The summed E-state index contributed by atoms with van der Waals surface area (Å²) in [4.78, 5) is 73.3. The van der Waals surface area contributed by atoms with E-state index in [9.17, 15) is 29.1 Å². The maximum Gasteiger partial charge on any atom is 0.264 e. The van der Waals surface area contributed by atoms with E-state index in [1.54, 1.807) is 29.3 Å². The predicted octanol–water partition coefficient (Wildman–Crippen LogP) is 2.09. The minimum atomic E-state index is -1.38. The summed E-state index contributed by atoms with van der Waals surface area (Å²) in [6.07, 6.45) is 7.76. The fourth-order valence-corrected chi connectivity index (χ4v) is 7.35. The van der Waals surface area contributed by atoms with Crippen LogP contribution in [0, 0.1) is 3.57 Å². The van der Waals surface area contributed by atoms with Crippen LogP contribution in [0.4, 0.5) is 11.5 Å². The molecule has 250 valence electrons. The number of carbonyl (C=O) groups excluding carboxylic acids is 5. The fraction of sp³-hybridized carbons (Fsp3) is 0.424. The summed E-state index contributed by atoms with van der Waals surface area (Å²) in [6.45, 7) is 2.51. The zero-order valence-corrected chi connectivity index (χ0v) is 28.3. The maximum absolute atomic E-state index is 13.4. The molecule has 0 aliphatic carbocycles. The third kappa shape index (κ3) is 6.04. The van der Waals surface area contributed by atoms with Crippen molar-refractivity contribution in [2.75, 3.05) is 36.4 Å². The second-order valence-corrected chi connectivity index (χ2v) is 14.0. The number of aromatic nitrogens is 3. The number of halogens is 1. The minimum Gasteiger partial charge on any atom is -0.380 e. The number of amides is 5. The molecular weight excluding hydrogens is 731 g/mol. The highest BCUT2D eigenvalue weighted by molar-refractivity contribution is 14.1. The Labute approximate surface area is 290 Å². The van der Waals surface area contributed by atoms with Crippen molar-refractivity contribution >= 4 is 63.6 Å². The van der Waals surface area contributed by atoms with Gasteiger partial charge in [0.15, 0.2) is 0 Å². The van der Waals surface area contributed by atoms with Gasteiger partial charge in [-0.25, -0.2) is 4.98 Å². The number of benzene rings is 1. The molecule has 5 amide bonds. The molecule has 1 aromatic carbocycles. The first-order valence-electron chi connectivity index (χ1n) is 16.1. The van der Waals surface area contributed by atoms with Gasteiger partial charge in [0.25, 0.3) is 17.7 Å². The van der Waals surface area contributed by atoms with Gasteiger partial charge in [-0.15, -0.1) is 0 Å². The summed E-state index contributed by atoms with van der Waals surface area (Å²) in [5, 5.41) is 21.3. The summed E-state index contributed by atoms with van der Waals surface area (Å²) in [6, 6.07) is 7.98. The standard InChI is InChI=1S/C33H35IN8O6/c34-21-4-6-26(36-18-21)39-14-10-33(48,11-15-39)32(47)40-12-8-22(9-13-40)41-19-20(17-37-41)16-35-24-3-1-2-23-28(24)31(46)42(30(23)45)25-5-7-27(43)38-29(25)44/h1-4,6,17-19,22,25,35,48H,5,7-16H2,(H,38,43,44). The number of anilines is 2. The quantitative estimate of drug-likeness (QED) is 0.239. The van der Waals surface area contributed by atoms with E-state index in [0.29, 0.717) is 64.1 Å². The van der Waals surface area contributed by atoms with Crippen molar-refractivity contribution < 1.29 is 29.1 Å². The van der Waals surface area contributed by atoms with Crippen LogP contribution in [0.15, 0.2) is 48.9 Å². The van der Waals surface area contributed by atoms with Crippen LogP contribution >= 0.6 is 22.6 Å². The van der Waals surface area contributed by atoms with Crippen LogP contribution in [0.3, 0.4) is 0 Å². The Kier molecular flexibility index (Phi) is 8.66. The summed E-state index contributed by atoms with van der Waals surface area (Å²) < 4.78 is 2.95. The molecule has 2 aromatic heterocycles. The number of pyridine rings is 1. The summed E-state index contributed by atoms with van der Waals surface area (Å²) >= 11 is 2.21. The van der Waals surface area contributed by atoms with Crippen LogP contribution in [0.2, 0.25) is 0 Å². The monoisotopic (exact) mass is 766 g/mol. The number of imide groups is 2. The SMILES string of the molecule is O=C1CCC(N2C(=O)c3cccc(NCc4cnn(C5CCN(C(=O)C6(O)CCN(c7ccc(I)cn7)CC6)CC5)c4)c3C2=O)C(=O)N1. The van der Waals surface area contributed by atoms with Crippen molar-refractivity contribution in [3.63, 3.8) is 0 Å². The Morgan fingerprint density at radius 3 is 2.48 bits per heavy atom. The third-order valence-corrected chi connectivity index (χ3v) is 10.4. The molecule has 0 bridgehead atoms. The van der Waals surface area contributed by atoms with Crippen molar-refractivity contribution in [1.82, 2.24) is 29.9 Å². The number of fused-ring (bicyclic) bond motifs is 1. The molecule has 4 aliphatic heterocycles.